The molecule has 1 aliphatic carbocycles. The molecule has 0 heterocycles. The number of halogens is 5. The molecule has 0 spiro atoms. The topological polar surface area (TPSA) is 49.3 Å². The van der Waals surface area contributed by atoms with Gasteiger partial charge in [-0.25, -0.2) is 8.78 Å². The summed E-state index contributed by atoms with van der Waals surface area (Å²) in [6.45, 7) is -0.168. The van der Waals surface area contributed by atoms with Crippen molar-refractivity contribution in [1.29, 1.82) is 0 Å². The lowest BCUT2D eigenvalue weighted by Crippen LogP contribution is -2.50. The van der Waals surface area contributed by atoms with Crippen molar-refractivity contribution in [3.8, 4) is 0 Å². The van der Waals surface area contributed by atoms with E-state index in [1.165, 1.54) is 24.3 Å². The highest BCUT2D eigenvalue weighted by molar-refractivity contribution is 6.35. The summed E-state index contributed by atoms with van der Waals surface area (Å²) in [6, 6.07) is 8.69. The molecular weight excluding hydrogens is 431 g/mol. The molecule has 2 N–H and O–H groups in total. The van der Waals surface area contributed by atoms with E-state index in [0.717, 1.165) is 0 Å². The van der Waals surface area contributed by atoms with Gasteiger partial charge >= 0.3 is 0 Å². The second-order valence-corrected chi connectivity index (χ2v) is 8.20. The van der Waals surface area contributed by atoms with Crippen LogP contribution in [-0.4, -0.2) is 29.3 Å². The Morgan fingerprint density at radius 2 is 2.00 bits per heavy atom. The lowest BCUT2D eigenvalue weighted by molar-refractivity contribution is -0.0331. The minimum Gasteiger partial charge on any atom is -0.387 e. The molecule has 0 aliphatic heterocycles. The number of carbonyl (C=O) groups is 1. The Morgan fingerprint density at radius 1 is 1.25 bits per heavy atom. The fraction of sp³-hybridized carbons (Fsp3) is 0.350. The highest BCUT2D eigenvalue weighted by Gasteiger charge is 2.44. The van der Waals surface area contributed by atoms with Crippen LogP contribution in [0.4, 0.5) is 8.78 Å². The highest BCUT2D eigenvalue weighted by Crippen LogP contribution is 2.44. The Kier molecular flexibility index (Phi) is 6.50. The van der Waals surface area contributed by atoms with E-state index in [2.05, 4.69) is 5.32 Å². The lowest BCUT2D eigenvalue weighted by atomic mass is 9.71. The van der Waals surface area contributed by atoms with Crippen molar-refractivity contribution in [1.82, 2.24) is 5.32 Å². The summed E-state index contributed by atoms with van der Waals surface area (Å²) < 4.78 is 28.0. The van der Waals surface area contributed by atoms with E-state index in [4.69, 9.17) is 34.8 Å². The fourth-order valence-electron chi connectivity index (χ4n) is 3.59. The van der Waals surface area contributed by atoms with Gasteiger partial charge in [0.05, 0.1) is 21.2 Å². The third-order valence-electron chi connectivity index (χ3n) is 5.12. The van der Waals surface area contributed by atoms with Crippen molar-refractivity contribution in [2.45, 2.75) is 37.0 Å². The summed E-state index contributed by atoms with van der Waals surface area (Å²) in [5.74, 6) is -1.93. The Labute approximate surface area is 176 Å². The van der Waals surface area contributed by atoms with E-state index < -0.39 is 29.4 Å². The van der Waals surface area contributed by atoms with E-state index in [9.17, 15) is 18.7 Å². The monoisotopic (exact) mass is 447 g/mol. The Bertz CT molecular complexity index is 896. The molecule has 3 unspecified atom stereocenters. The number of hydrogen-bond acceptors (Lipinski definition) is 2. The zero-order valence-corrected chi connectivity index (χ0v) is 17.0. The van der Waals surface area contributed by atoms with Gasteiger partial charge in [-0.1, -0.05) is 46.9 Å². The molecule has 1 fully saturated rings. The molecule has 1 saturated carbocycles. The lowest BCUT2D eigenvalue weighted by Gasteiger charge is -2.42. The second kappa shape index (κ2) is 8.54. The average Bonchev–Trinajstić information content (AvgIpc) is 2.66. The van der Waals surface area contributed by atoms with Gasteiger partial charge in [0, 0.05) is 17.5 Å². The summed E-state index contributed by atoms with van der Waals surface area (Å²) in [5, 5.41) is 14.3. The summed E-state index contributed by atoms with van der Waals surface area (Å²) in [7, 11) is 0. The van der Waals surface area contributed by atoms with Crippen molar-refractivity contribution in [3.05, 3.63) is 68.4 Å². The number of amides is 1. The largest absolute Gasteiger partial charge is 0.387 e. The molecule has 0 saturated heterocycles. The third-order valence-corrected chi connectivity index (χ3v) is 6.08. The van der Waals surface area contributed by atoms with E-state index in [1.807, 2.05) is 0 Å². The first-order valence-electron chi connectivity index (χ1n) is 8.75. The standard InChI is InChI=1S/C20H18Cl3F2NO2/c21-11-4-5-16(22)14(8-11)19(27)26-10-20(28)7-6-12(24)9-15(20)13-2-1-3-17(25)18(13)23/h1-5,8,12,15,28H,6-7,9-10H2,(H,26,27). The van der Waals surface area contributed by atoms with Crippen LogP contribution < -0.4 is 5.32 Å². The maximum atomic E-state index is 14.1. The first kappa shape index (κ1) is 21.3. The number of benzene rings is 2. The summed E-state index contributed by atoms with van der Waals surface area (Å²) in [5.41, 5.74) is -1.00. The molecule has 150 valence electrons. The molecule has 3 nitrogen and oxygen atoms in total. The SMILES string of the molecule is O=C(NCC1(O)CCC(F)CC1c1cccc(F)c1Cl)c1cc(Cl)ccc1Cl. The van der Waals surface area contributed by atoms with Crippen LogP contribution in [0, 0.1) is 5.82 Å². The minimum absolute atomic E-state index is 0.0204. The summed E-state index contributed by atoms with van der Waals surface area (Å²) in [6.07, 6.45) is -0.946. The molecule has 2 aromatic rings. The maximum Gasteiger partial charge on any atom is 0.252 e. The number of aliphatic hydroxyl groups is 1. The van der Waals surface area contributed by atoms with Crippen LogP contribution in [-0.2, 0) is 0 Å². The van der Waals surface area contributed by atoms with E-state index >= 15 is 0 Å². The molecule has 1 amide bonds. The highest BCUT2D eigenvalue weighted by atomic mass is 35.5. The van der Waals surface area contributed by atoms with Gasteiger partial charge in [-0.15, -0.1) is 0 Å². The average molecular weight is 449 g/mol. The van der Waals surface area contributed by atoms with E-state index in [-0.39, 0.29) is 41.4 Å². The second-order valence-electron chi connectivity index (χ2n) is 6.98. The van der Waals surface area contributed by atoms with E-state index in [1.54, 1.807) is 12.1 Å². The molecule has 3 rings (SSSR count). The normalized spacial score (nSPS) is 24.8. The van der Waals surface area contributed by atoms with Crippen LogP contribution in [0.1, 0.15) is 41.1 Å². The first-order chi connectivity index (χ1) is 13.2. The van der Waals surface area contributed by atoms with Gasteiger partial charge in [-0.2, -0.15) is 0 Å². The molecule has 28 heavy (non-hydrogen) atoms. The number of rotatable bonds is 4. The van der Waals surface area contributed by atoms with Crippen LogP contribution in [0.25, 0.3) is 0 Å². The number of alkyl halides is 1. The zero-order valence-electron chi connectivity index (χ0n) is 14.7. The molecule has 1 aliphatic rings. The quantitative estimate of drug-likeness (QED) is 0.644. The van der Waals surface area contributed by atoms with Crippen molar-refractivity contribution < 1.29 is 18.7 Å². The van der Waals surface area contributed by atoms with Crippen molar-refractivity contribution in [3.63, 3.8) is 0 Å². The van der Waals surface area contributed by atoms with Gasteiger partial charge in [0.25, 0.3) is 5.91 Å². The fourth-order valence-corrected chi connectivity index (χ4v) is 4.22. The van der Waals surface area contributed by atoms with Crippen molar-refractivity contribution in [2.75, 3.05) is 6.54 Å². The molecular formula is C20H18Cl3F2NO2. The van der Waals surface area contributed by atoms with Crippen LogP contribution in [0.5, 0.6) is 0 Å². The smallest absolute Gasteiger partial charge is 0.252 e. The van der Waals surface area contributed by atoms with Gasteiger partial charge < -0.3 is 10.4 Å². The molecule has 3 atom stereocenters. The molecule has 0 bridgehead atoms. The van der Waals surface area contributed by atoms with Crippen LogP contribution >= 0.6 is 34.8 Å². The zero-order chi connectivity index (χ0) is 20.5. The predicted molar refractivity (Wildman–Crippen MR) is 107 cm³/mol. The Balaban J connectivity index is 1.84. The molecule has 8 heteroatoms. The molecule has 0 aromatic heterocycles. The van der Waals surface area contributed by atoms with Gasteiger partial charge in [0.2, 0.25) is 0 Å². The van der Waals surface area contributed by atoms with E-state index in [0.29, 0.717) is 10.6 Å². The van der Waals surface area contributed by atoms with Crippen molar-refractivity contribution >= 4 is 40.7 Å². The van der Waals surface area contributed by atoms with Gasteiger partial charge in [-0.3, -0.25) is 4.79 Å². The van der Waals surface area contributed by atoms with Crippen LogP contribution in [0.15, 0.2) is 36.4 Å². The van der Waals surface area contributed by atoms with Gasteiger partial charge in [0.1, 0.15) is 12.0 Å². The van der Waals surface area contributed by atoms with Crippen molar-refractivity contribution in [2.24, 2.45) is 0 Å². The van der Waals surface area contributed by atoms with Gasteiger partial charge in [0.15, 0.2) is 0 Å². The number of hydrogen-bond donors (Lipinski definition) is 2. The molecule has 2 aromatic carbocycles. The predicted octanol–water partition coefficient (Wildman–Crippen LogP) is 5.55. The Morgan fingerprint density at radius 3 is 2.75 bits per heavy atom. The minimum atomic E-state index is -1.49. The number of carbonyl (C=O) groups excluding carboxylic acids is 1. The third kappa shape index (κ3) is 4.43. The molecule has 0 radical (unpaired) electrons. The summed E-state index contributed by atoms with van der Waals surface area (Å²) >= 11 is 18.0. The Hall–Kier alpha value is -1.40. The van der Waals surface area contributed by atoms with Crippen LogP contribution in [0.2, 0.25) is 15.1 Å². The van der Waals surface area contributed by atoms with Crippen LogP contribution in [0.3, 0.4) is 0 Å². The maximum absolute atomic E-state index is 14.1. The summed E-state index contributed by atoms with van der Waals surface area (Å²) in [4.78, 5) is 12.5. The first-order valence-corrected chi connectivity index (χ1v) is 9.88. The number of nitrogens with one attached hydrogen (secondary N) is 1. The van der Waals surface area contributed by atoms with Gasteiger partial charge in [-0.05, 0) is 49.1 Å².